The molecule has 0 spiro atoms. The fraction of sp³-hybridized carbons (Fsp3) is 0.556. The number of benzene rings is 1. The van der Waals surface area contributed by atoms with Gasteiger partial charge in [-0.25, -0.2) is 4.79 Å². The Morgan fingerprint density at radius 3 is 2.30 bits per heavy atom. The van der Waals surface area contributed by atoms with Crippen LogP contribution in [0, 0.1) is 16.0 Å². The third kappa shape index (κ3) is 5.92. The van der Waals surface area contributed by atoms with Gasteiger partial charge in [0.15, 0.2) is 0 Å². The number of rotatable bonds is 6. The van der Waals surface area contributed by atoms with E-state index in [0.29, 0.717) is 44.4 Å². The maximum absolute atomic E-state index is 12.5. The molecule has 1 aromatic rings. The van der Waals surface area contributed by atoms with E-state index in [4.69, 9.17) is 4.74 Å². The predicted octanol–water partition coefficient (Wildman–Crippen LogP) is 1.97. The maximum Gasteiger partial charge on any atom is 0.409 e. The zero-order chi connectivity index (χ0) is 20.0. The number of carbonyl (C=O) groups excluding carboxylic acids is 2. The van der Waals surface area contributed by atoms with Crippen LogP contribution in [0.1, 0.15) is 13.8 Å². The van der Waals surface area contributed by atoms with Gasteiger partial charge < -0.3 is 14.5 Å². The second kappa shape index (κ2) is 9.31. The van der Waals surface area contributed by atoms with Gasteiger partial charge >= 0.3 is 6.09 Å². The SMILES string of the molecule is CC(C)COC(=O)N1CCN(CC(=O)N(C)c2ccc([N+](=O)[O-])cc2)CC1. The first-order valence-corrected chi connectivity index (χ1v) is 8.93. The molecule has 0 unspecified atom stereocenters. The number of likely N-dealkylation sites (N-methyl/N-ethyl adjacent to an activating group) is 1. The lowest BCUT2D eigenvalue weighted by atomic mass is 10.2. The number of nitrogens with zero attached hydrogens (tertiary/aromatic N) is 4. The molecule has 0 N–H and O–H groups in total. The summed E-state index contributed by atoms with van der Waals surface area (Å²) in [6.45, 7) is 6.82. The number of anilines is 1. The number of nitro benzene ring substituents is 1. The Morgan fingerprint density at radius 2 is 1.78 bits per heavy atom. The average Bonchev–Trinajstić information content (AvgIpc) is 2.66. The Kier molecular flexibility index (Phi) is 7.12. The van der Waals surface area contributed by atoms with E-state index in [1.165, 1.54) is 17.0 Å². The highest BCUT2D eigenvalue weighted by Crippen LogP contribution is 2.18. The van der Waals surface area contributed by atoms with Crippen LogP contribution >= 0.6 is 0 Å². The van der Waals surface area contributed by atoms with Crippen molar-refractivity contribution in [3.05, 3.63) is 34.4 Å². The predicted molar refractivity (Wildman–Crippen MR) is 101 cm³/mol. The Labute approximate surface area is 158 Å². The third-order valence-corrected chi connectivity index (χ3v) is 4.35. The van der Waals surface area contributed by atoms with E-state index in [0.717, 1.165) is 0 Å². The first-order valence-electron chi connectivity index (χ1n) is 8.93. The summed E-state index contributed by atoms with van der Waals surface area (Å²) in [5.41, 5.74) is 0.585. The monoisotopic (exact) mass is 378 g/mol. The molecule has 1 saturated heterocycles. The Bertz CT molecular complexity index is 669. The Balaban J connectivity index is 1.81. The first kappa shape index (κ1) is 20.6. The van der Waals surface area contributed by atoms with Crippen molar-refractivity contribution in [1.29, 1.82) is 0 Å². The summed E-state index contributed by atoms with van der Waals surface area (Å²) in [6, 6.07) is 5.86. The van der Waals surface area contributed by atoms with E-state index >= 15 is 0 Å². The standard InChI is InChI=1S/C18H26N4O5/c1-14(2)13-27-18(24)21-10-8-20(9-11-21)12-17(23)19(3)15-4-6-16(7-5-15)22(25)26/h4-7,14H,8-13H2,1-3H3. The smallest absolute Gasteiger partial charge is 0.409 e. The lowest BCUT2D eigenvalue weighted by Crippen LogP contribution is -2.51. The fourth-order valence-corrected chi connectivity index (χ4v) is 2.66. The molecule has 2 rings (SSSR count). The van der Waals surface area contributed by atoms with Crippen molar-refractivity contribution < 1.29 is 19.2 Å². The zero-order valence-corrected chi connectivity index (χ0v) is 16.0. The van der Waals surface area contributed by atoms with Crippen LogP contribution in [0.5, 0.6) is 0 Å². The lowest BCUT2D eigenvalue weighted by molar-refractivity contribution is -0.384. The van der Waals surface area contributed by atoms with Crippen LogP contribution < -0.4 is 4.90 Å². The summed E-state index contributed by atoms with van der Waals surface area (Å²) in [5, 5.41) is 10.7. The van der Waals surface area contributed by atoms with E-state index in [1.807, 2.05) is 18.7 Å². The van der Waals surface area contributed by atoms with E-state index in [-0.39, 0.29) is 24.2 Å². The maximum atomic E-state index is 12.5. The number of carbonyl (C=O) groups is 2. The number of amides is 2. The van der Waals surface area contributed by atoms with E-state index < -0.39 is 4.92 Å². The number of hydrogen-bond acceptors (Lipinski definition) is 6. The van der Waals surface area contributed by atoms with Crippen LogP contribution in [0.25, 0.3) is 0 Å². The molecule has 1 aliphatic heterocycles. The summed E-state index contributed by atoms with van der Waals surface area (Å²) in [7, 11) is 1.64. The normalized spacial score (nSPS) is 14.9. The van der Waals surface area contributed by atoms with Crippen molar-refractivity contribution in [3.63, 3.8) is 0 Å². The summed E-state index contributed by atoms with van der Waals surface area (Å²) in [5.74, 6) is 0.183. The van der Waals surface area contributed by atoms with Gasteiger partial charge in [0.2, 0.25) is 5.91 Å². The zero-order valence-electron chi connectivity index (χ0n) is 16.0. The second-order valence-electron chi connectivity index (χ2n) is 6.96. The van der Waals surface area contributed by atoms with Gasteiger partial charge in [-0.3, -0.25) is 19.8 Å². The Morgan fingerprint density at radius 1 is 1.19 bits per heavy atom. The largest absolute Gasteiger partial charge is 0.449 e. The van der Waals surface area contributed by atoms with Crippen molar-refractivity contribution in [1.82, 2.24) is 9.80 Å². The molecular weight excluding hydrogens is 352 g/mol. The molecule has 1 fully saturated rings. The van der Waals surface area contributed by atoms with Crippen LogP contribution in [0.2, 0.25) is 0 Å². The van der Waals surface area contributed by atoms with Crippen molar-refractivity contribution in [2.75, 3.05) is 51.3 Å². The highest BCUT2D eigenvalue weighted by Gasteiger charge is 2.24. The molecule has 0 aliphatic carbocycles. The molecular formula is C18H26N4O5. The topological polar surface area (TPSA) is 96.2 Å². The molecule has 0 atom stereocenters. The van der Waals surface area contributed by atoms with Crippen LogP contribution in [0.3, 0.4) is 0 Å². The van der Waals surface area contributed by atoms with Crippen molar-refractivity contribution in [2.45, 2.75) is 13.8 Å². The summed E-state index contributed by atoms with van der Waals surface area (Å²) in [4.78, 5) is 39.8. The van der Waals surface area contributed by atoms with E-state index in [1.54, 1.807) is 24.1 Å². The molecule has 0 bridgehead atoms. The molecule has 9 heteroatoms. The lowest BCUT2D eigenvalue weighted by Gasteiger charge is -2.34. The van der Waals surface area contributed by atoms with Crippen LogP contribution in [0.15, 0.2) is 24.3 Å². The number of non-ortho nitro benzene ring substituents is 1. The molecule has 27 heavy (non-hydrogen) atoms. The number of piperazine rings is 1. The van der Waals surface area contributed by atoms with Crippen molar-refractivity contribution in [2.24, 2.45) is 5.92 Å². The molecule has 0 radical (unpaired) electrons. The fourth-order valence-electron chi connectivity index (χ4n) is 2.66. The molecule has 0 aromatic heterocycles. The Hall–Kier alpha value is -2.68. The van der Waals surface area contributed by atoms with Gasteiger partial charge in [0.05, 0.1) is 18.1 Å². The van der Waals surface area contributed by atoms with Gasteiger partial charge in [-0.1, -0.05) is 13.8 Å². The minimum atomic E-state index is -0.475. The second-order valence-corrected chi connectivity index (χ2v) is 6.96. The molecule has 1 aromatic carbocycles. The highest BCUT2D eigenvalue weighted by atomic mass is 16.6. The van der Waals surface area contributed by atoms with Crippen molar-refractivity contribution in [3.8, 4) is 0 Å². The van der Waals surface area contributed by atoms with Crippen LogP contribution in [-0.4, -0.2) is 73.1 Å². The third-order valence-electron chi connectivity index (χ3n) is 4.35. The summed E-state index contributed by atoms with van der Waals surface area (Å²) < 4.78 is 5.23. The molecule has 2 amide bonds. The highest BCUT2D eigenvalue weighted by molar-refractivity contribution is 5.94. The van der Waals surface area contributed by atoms with Gasteiger partial charge in [-0.2, -0.15) is 0 Å². The number of ether oxygens (including phenoxy) is 1. The minimum Gasteiger partial charge on any atom is -0.449 e. The average molecular weight is 378 g/mol. The molecule has 0 saturated carbocycles. The van der Waals surface area contributed by atoms with Gasteiger partial charge in [-0.05, 0) is 18.1 Å². The number of nitro groups is 1. The van der Waals surface area contributed by atoms with Gasteiger partial charge in [0.25, 0.3) is 5.69 Å². The first-order chi connectivity index (χ1) is 12.8. The molecule has 9 nitrogen and oxygen atoms in total. The van der Waals surface area contributed by atoms with E-state index in [9.17, 15) is 19.7 Å². The van der Waals surface area contributed by atoms with Gasteiger partial charge in [0, 0.05) is 51.0 Å². The van der Waals surface area contributed by atoms with E-state index in [2.05, 4.69) is 0 Å². The summed E-state index contributed by atoms with van der Waals surface area (Å²) >= 11 is 0. The van der Waals surface area contributed by atoms with Gasteiger partial charge in [-0.15, -0.1) is 0 Å². The quantitative estimate of drug-likeness (QED) is 0.555. The van der Waals surface area contributed by atoms with Gasteiger partial charge in [0.1, 0.15) is 0 Å². The van der Waals surface area contributed by atoms with Crippen molar-refractivity contribution >= 4 is 23.4 Å². The number of hydrogen-bond donors (Lipinski definition) is 0. The minimum absolute atomic E-state index is 0.0138. The van der Waals surface area contributed by atoms with Crippen LogP contribution in [0.4, 0.5) is 16.2 Å². The van der Waals surface area contributed by atoms with Crippen LogP contribution in [-0.2, 0) is 9.53 Å². The molecule has 1 aliphatic rings. The molecule has 1 heterocycles. The molecule has 148 valence electrons. The summed E-state index contributed by atoms with van der Waals surface area (Å²) in [6.07, 6.45) is -0.308.